The third-order valence-electron chi connectivity index (χ3n) is 4.47. The van der Waals surface area contributed by atoms with Gasteiger partial charge in [0.25, 0.3) is 0 Å². The van der Waals surface area contributed by atoms with Crippen LogP contribution in [0.4, 0.5) is 5.69 Å². The first kappa shape index (κ1) is 19.0. The lowest BCUT2D eigenvalue weighted by Crippen LogP contribution is -2.14. The second-order valence-corrected chi connectivity index (χ2v) is 8.21. The van der Waals surface area contributed by atoms with Gasteiger partial charge in [0.05, 0.1) is 17.1 Å². The third-order valence-corrected chi connectivity index (χ3v) is 5.45. The van der Waals surface area contributed by atoms with Gasteiger partial charge in [-0.25, -0.2) is 9.97 Å². The number of anilines is 1. The smallest absolute Gasteiger partial charge is 0.229 e. The summed E-state index contributed by atoms with van der Waals surface area (Å²) in [6.07, 6.45) is 0.288. The number of carbonyl (C=O) groups excluding carboxylic acids is 1. The summed E-state index contributed by atoms with van der Waals surface area (Å²) in [5.41, 5.74) is 4.76. The SMILES string of the molecule is Cc1ccc(-c2nc(C)sc2CC(=O)Nc2ccc(-c3n[nH]c(C)n3)cc2)cc1. The normalized spacial score (nSPS) is 10.9. The summed E-state index contributed by atoms with van der Waals surface area (Å²) in [6, 6.07) is 15.7. The van der Waals surface area contributed by atoms with Crippen molar-refractivity contribution in [3.63, 3.8) is 0 Å². The molecule has 29 heavy (non-hydrogen) atoms. The number of carbonyl (C=O) groups is 1. The highest BCUT2D eigenvalue weighted by atomic mass is 32.1. The Kier molecular flexibility index (Phi) is 5.22. The first-order chi connectivity index (χ1) is 14.0. The Morgan fingerprint density at radius 2 is 1.66 bits per heavy atom. The lowest BCUT2D eigenvalue weighted by Gasteiger charge is -2.06. The molecular weight excluding hydrogens is 382 g/mol. The van der Waals surface area contributed by atoms with Crippen molar-refractivity contribution in [2.75, 3.05) is 5.32 Å². The second-order valence-electron chi connectivity index (χ2n) is 6.92. The minimum atomic E-state index is -0.0662. The molecule has 0 saturated heterocycles. The van der Waals surface area contributed by atoms with Gasteiger partial charge in [0.15, 0.2) is 5.82 Å². The summed E-state index contributed by atoms with van der Waals surface area (Å²) >= 11 is 1.56. The number of H-pyrrole nitrogens is 1. The molecule has 2 aromatic carbocycles. The number of aromatic nitrogens is 4. The summed E-state index contributed by atoms with van der Waals surface area (Å²) in [4.78, 5) is 22.5. The molecule has 0 aliphatic carbocycles. The van der Waals surface area contributed by atoms with Crippen LogP contribution in [0.15, 0.2) is 48.5 Å². The Morgan fingerprint density at radius 1 is 0.966 bits per heavy atom. The lowest BCUT2D eigenvalue weighted by atomic mass is 10.1. The van der Waals surface area contributed by atoms with E-state index in [1.807, 2.05) is 38.1 Å². The Hall–Kier alpha value is -3.32. The molecule has 2 N–H and O–H groups in total. The number of nitrogens with one attached hydrogen (secondary N) is 2. The molecule has 1 amide bonds. The number of amides is 1. The number of aromatic amines is 1. The lowest BCUT2D eigenvalue weighted by molar-refractivity contribution is -0.115. The van der Waals surface area contributed by atoms with Gasteiger partial charge in [-0.15, -0.1) is 11.3 Å². The zero-order valence-corrected chi connectivity index (χ0v) is 17.3. The van der Waals surface area contributed by atoms with E-state index in [4.69, 9.17) is 0 Å². The summed E-state index contributed by atoms with van der Waals surface area (Å²) in [5.74, 6) is 1.34. The van der Waals surface area contributed by atoms with E-state index >= 15 is 0 Å². The molecule has 0 fully saturated rings. The van der Waals surface area contributed by atoms with Gasteiger partial charge in [0, 0.05) is 21.7 Å². The minimum absolute atomic E-state index is 0.0662. The van der Waals surface area contributed by atoms with Crippen LogP contribution in [0, 0.1) is 20.8 Å². The first-order valence-corrected chi connectivity index (χ1v) is 10.1. The molecule has 6 nitrogen and oxygen atoms in total. The first-order valence-electron chi connectivity index (χ1n) is 9.30. The van der Waals surface area contributed by atoms with Crippen molar-refractivity contribution in [2.45, 2.75) is 27.2 Å². The molecule has 2 aromatic heterocycles. The molecule has 0 unspecified atom stereocenters. The topological polar surface area (TPSA) is 83.6 Å². The summed E-state index contributed by atoms with van der Waals surface area (Å²) in [6.45, 7) is 5.88. The molecule has 4 rings (SSSR count). The number of benzene rings is 2. The zero-order chi connectivity index (χ0) is 20.4. The minimum Gasteiger partial charge on any atom is -0.326 e. The molecule has 0 bridgehead atoms. The molecule has 0 radical (unpaired) electrons. The maximum Gasteiger partial charge on any atom is 0.229 e. The summed E-state index contributed by atoms with van der Waals surface area (Å²) in [7, 11) is 0. The molecule has 0 aliphatic rings. The molecule has 2 heterocycles. The molecule has 0 aliphatic heterocycles. The molecule has 0 saturated carbocycles. The number of rotatable bonds is 5. The molecule has 0 atom stereocenters. The number of hydrogen-bond donors (Lipinski definition) is 2. The number of aryl methyl sites for hydroxylation is 3. The van der Waals surface area contributed by atoms with E-state index in [1.54, 1.807) is 11.3 Å². The largest absolute Gasteiger partial charge is 0.326 e. The molecule has 0 spiro atoms. The standard InChI is InChI=1S/C22H21N5OS/c1-13-4-6-16(7-5-13)21-19(29-15(3)24-21)12-20(28)25-18-10-8-17(9-11-18)22-23-14(2)26-27-22/h4-11H,12H2,1-3H3,(H,25,28)(H,23,26,27). The van der Waals surface area contributed by atoms with Crippen molar-refractivity contribution in [1.29, 1.82) is 0 Å². The Labute approximate surface area is 173 Å². The Balaban J connectivity index is 1.47. The Bertz CT molecular complexity index is 1140. The Morgan fingerprint density at radius 3 is 2.31 bits per heavy atom. The quantitative estimate of drug-likeness (QED) is 0.506. The van der Waals surface area contributed by atoms with Crippen LogP contribution in [0.1, 0.15) is 21.3 Å². The molecule has 7 heteroatoms. The van der Waals surface area contributed by atoms with Gasteiger partial charge in [-0.3, -0.25) is 9.89 Å². The maximum atomic E-state index is 12.6. The molecule has 4 aromatic rings. The van der Waals surface area contributed by atoms with E-state index < -0.39 is 0 Å². The fourth-order valence-corrected chi connectivity index (χ4v) is 4.01. The van der Waals surface area contributed by atoms with Gasteiger partial charge < -0.3 is 5.32 Å². The fourth-order valence-electron chi connectivity index (χ4n) is 3.05. The van der Waals surface area contributed by atoms with E-state index in [9.17, 15) is 4.79 Å². The van der Waals surface area contributed by atoms with Crippen LogP contribution in [0.2, 0.25) is 0 Å². The van der Waals surface area contributed by atoms with Crippen molar-refractivity contribution in [3.8, 4) is 22.6 Å². The third kappa shape index (κ3) is 4.41. The molecular formula is C22H21N5OS. The van der Waals surface area contributed by atoms with Crippen LogP contribution in [0.3, 0.4) is 0 Å². The van der Waals surface area contributed by atoms with E-state index in [0.717, 1.165) is 38.2 Å². The van der Waals surface area contributed by atoms with Crippen LogP contribution >= 0.6 is 11.3 Å². The predicted molar refractivity (Wildman–Crippen MR) is 116 cm³/mol. The van der Waals surface area contributed by atoms with Crippen molar-refractivity contribution in [2.24, 2.45) is 0 Å². The zero-order valence-electron chi connectivity index (χ0n) is 16.5. The van der Waals surface area contributed by atoms with Crippen molar-refractivity contribution in [1.82, 2.24) is 20.2 Å². The monoisotopic (exact) mass is 403 g/mol. The fraction of sp³-hybridized carbons (Fsp3) is 0.182. The van der Waals surface area contributed by atoms with Crippen molar-refractivity contribution < 1.29 is 4.79 Å². The van der Waals surface area contributed by atoms with Crippen molar-refractivity contribution >= 4 is 22.9 Å². The number of hydrogen-bond acceptors (Lipinski definition) is 5. The van der Waals surface area contributed by atoms with Gasteiger partial charge in [0.2, 0.25) is 5.91 Å². The van der Waals surface area contributed by atoms with Crippen LogP contribution in [-0.2, 0) is 11.2 Å². The van der Waals surface area contributed by atoms with Gasteiger partial charge in [0.1, 0.15) is 5.82 Å². The van der Waals surface area contributed by atoms with Crippen LogP contribution in [-0.4, -0.2) is 26.1 Å². The maximum absolute atomic E-state index is 12.6. The van der Waals surface area contributed by atoms with E-state index in [1.165, 1.54) is 5.56 Å². The van der Waals surface area contributed by atoms with E-state index in [2.05, 4.69) is 56.7 Å². The summed E-state index contributed by atoms with van der Waals surface area (Å²) < 4.78 is 0. The average molecular weight is 404 g/mol. The highest BCUT2D eigenvalue weighted by molar-refractivity contribution is 7.12. The van der Waals surface area contributed by atoms with Crippen LogP contribution < -0.4 is 5.32 Å². The highest BCUT2D eigenvalue weighted by Crippen LogP contribution is 2.29. The highest BCUT2D eigenvalue weighted by Gasteiger charge is 2.15. The average Bonchev–Trinajstić information content (AvgIpc) is 3.28. The van der Waals surface area contributed by atoms with Crippen molar-refractivity contribution in [3.05, 3.63) is 69.8 Å². The summed E-state index contributed by atoms with van der Waals surface area (Å²) in [5, 5.41) is 10.9. The predicted octanol–water partition coefficient (Wildman–Crippen LogP) is 4.70. The molecule has 146 valence electrons. The number of thiazole rings is 1. The van der Waals surface area contributed by atoms with Gasteiger partial charge in [-0.2, -0.15) is 5.10 Å². The number of nitrogens with zero attached hydrogens (tertiary/aromatic N) is 3. The van der Waals surface area contributed by atoms with Crippen LogP contribution in [0.5, 0.6) is 0 Å². The van der Waals surface area contributed by atoms with Gasteiger partial charge >= 0.3 is 0 Å². The second kappa shape index (κ2) is 7.97. The van der Waals surface area contributed by atoms with Gasteiger partial charge in [-0.1, -0.05) is 29.8 Å². The van der Waals surface area contributed by atoms with E-state index in [-0.39, 0.29) is 12.3 Å². The van der Waals surface area contributed by atoms with E-state index in [0.29, 0.717) is 5.82 Å². The van der Waals surface area contributed by atoms with Gasteiger partial charge in [-0.05, 0) is 45.0 Å². The van der Waals surface area contributed by atoms with Crippen LogP contribution in [0.25, 0.3) is 22.6 Å².